The first-order valence-electron chi connectivity index (χ1n) is 11.4. The number of nitrogens with two attached hydrogens (primary N) is 1. The zero-order valence-electron chi connectivity index (χ0n) is 18.9. The fourth-order valence-electron chi connectivity index (χ4n) is 4.34. The highest BCUT2D eigenvalue weighted by molar-refractivity contribution is 8.76. The molecule has 2 aromatic heterocycles. The minimum Gasteiger partial charge on any atom is -0.370 e. The number of nitrogens with zero attached hydrogens (tertiary/aromatic N) is 3. The summed E-state index contributed by atoms with van der Waals surface area (Å²) in [5, 5.41) is 0. The predicted molar refractivity (Wildman–Crippen MR) is 139 cm³/mol. The van der Waals surface area contributed by atoms with Gasteiger partial charge in [-0.2, -0.15) is 4.98 Å². The van der Waals surface area contributed by atoms with E-state index in [9.17, 15) is 4.57 Å². The normalized spacial score (nSPS) is 32.5. The molecule has 0 aliphatic carbocycles. The Labute approximate surface area is 219 Å². The molecule has 3 N–H and O–H groups in total. The molecule has 11 nitrogen and oxygen atoms in total. The van der Waals surface area contributed by atoms with Crippen LogP contribution in [0.5, 0.6) is 0 Å². The highest BCUT2D eigenvalue weighted by atomic mass is 33.1. The highest BCUT2D eigenvalue weighted by Gasteiger charge is 2.49. The van der Waals surface area contributed by atoms with Gasteiger partial charge in [-0.15, -0.1) is 0 Å². The van der Waals surface area contributed by atoms with Gasteiger partial charge in [0.05, 0.1) is 25.6 Å². The van der Waals surface area contributed by atoms with Crippen LogP contribution in [0.2, 0.25) is 0 Å². The van der Waals surface area contributed by atoms with E-state index in [2.05, 4.69) is 15.0 Å². The second-order valence-corrected chi connectivity index (χ2v) is 13.1. The molecule has 0 saturated carbocycles. The molecular formula is C21H24N5O6PS3. The molecule has 0 radical (unpaired) electrons. The number of aromatic nitrogens is 4. The molecule has 3 saturated heterocycles. The molecule has 6 atom stereocenters. The van der Waals surface area contributed by atoms with Crippen LogP contribution in [0.15, 0.2) is 36.7 Å². The van der Waals surface area contributed by atoms with Crippen molar-refractivity contribution in [2.24, 2.45) is 0 Å². The standard InChI is InChI=1S/C21H24N5O6PS3/c22-21-24-19-18(20(34)25-21)23-11-26(19)17-6-13-14(30-17)8-29-33(27,31-13)32-16-10-36-35-9-15(16)28-7-12-4-2-1-3-5-12/h1-5,11,13-17H,6-10H2,(H3,22,24,25,34)/t13-,14+,15+,16+,17+,33?/m0/s1. The number of hydrogen-bond donors (Lipinski definition) is 2. The Morgan fingerprint density at radius 1 is 1.22 bits per heavy atom. The fourth-order valence-corrected chi connectivity index (χ4v) is 8.73. The van der Waals surface area contributed by atoms with E-state index in [0.717, 1.165) is 5.56 Å². The van der Waals surface area contributed by atoms with Gasteiger partial charge >= 0.3 is 7.82 Å². The number of fused-ring (bicyclic) bond motifs is 2. The third-order valence-corrected chi connectivity index (χ3v) is 10.4. The average Bonchev–Trinajstić information content (AvgIpc) is 3.47. The number of imidazole rings is 1. The fraction of sp³-hybridized carbons (Fsp3) is 0.476. The minimum atomic E-state index is -3.82. The monoisotopic (exact) mass is 569 g/mol. The van der Waals surface area contributed by atoms with Crippen LogP contribution in [0.25, 0.3) is 11.2 Å². The van der Waals surface area contributed by atoms with E-state index in [-0.39, 0.29) is 18.7 Å². The Hall–Kier alpha value is -1.48. The molecule has 6 rings (SSSR count). The Balaban J connectivity index is 1.12. The van der Waals surface area contributed by atoms with Crippen LogP contribution in [-0.2, 0) is 34.2 Å². The van der Waals surface area contributed by atoms with E-state index in [1.807, 2.05) is 30.3 Å². The lowest BCUT2D eigenvalue weighted by atomic mass is 10.2. The molecule has 36 heavy (non-hydrogen) atoms. The molecule has 5 heterocycles. The summed E-state index contributed by atoms with van der Waals surface area (Å²) in [4.78, 5) is 11.4. The molecule has 1 aromatic carbocycles. The number of rotatable bonds is 6. The van der Waals surface area contributed by atoms with Crippen LogP contribution < -0.4 is 5.73 Å². The molecule has 0 bridgehead atoms. The summed E-state index contributed by atoms with van der Waals surface area (Å²) in [5.74, 6) is 1.52. The number of H-pyrrole nitrogens is 1. The van der Waals surface area contributed by atoms with Crippen molar-refractivity contribution in [3.05, 3.63) is 46.9 Å². The second-order valence-electron chi connectivity index (χ2n) is 8.57. The van der Waals surface area contributed by atoms with Crippen molar-refractivity contribution >= 4 is 58.7 Å². The maximum Gasteiger partial charge on any atom is 0.475 e. The van der Waals surface area contributed by atoms with E-state index in [0.29, 0.717) is 40.3 Å². The van der Waals surface area contributed by atoms with Gasteiger partial charge in [0.2, 0.25) is 5.95 Å². The van der Waals surface area contributed by atoms with Crippen LogP contribution in [0.4, 0.5) is 5.95 Å². The van der Waals surface area contributed by atoms with Crippen molar-refractivity contribution in [1.82, 2.24) is 19.5 Å². The first kappa shape index (κ1) is 24.8. The van der Waals surface area contributed by atoms with Gasteiger partial charge in [-0.1, -0.05) is 64.1 Å². The molecular weight excluding hydrogens is 545 g/mol. The van der Waals surface area contributed by atoms with E-state index in [1.54, 1.807) is 32.5 Å². The molecule has 3 aliphatic rings. The maximum absolute atomic E-state index is 13.5. The number of aromatic amines is 1. The van der Waals surface area contributed by atoms with Crippen molar-refractivity contribution in [2.45, 2.75) is 43.7 Å². The van der Waals surface area contributed by atoms with E-state index >= 15 is 0 Å². The van der Waals surface area contributed by atoms with Crippen LogP contribution in [0.1, 0.15) is 18.2 Å². The maximum atomic E-state index is 13.5. The lowest BCUT2D eigenvalue weighted by Gasteiger charge is -2.35. The first-order chi connectivity index (χ1) is 17.5. The number of nitrogen functional groups attached to an aromatic ring is 1. The number of ether oxygens (including phenoxy) is 2. The van der Waals surface area contributed by atoms with Crippen molar-refractivity contribution in [3.63, 3.8) is 0 Å². The summed E-state index contributed by atoms with van der Waals surface area (Å²) in [5.41, 5.74) is 7.93. The summed E-state index contributed by atoms with van der Waals surface area (Å²) in [6, 6.07) is 9.92. The number of phosphoric acid groups is 1. The zero-order chi connectivity index (χ0) is 24.7. The van der Waals surface area contributed by atoms with E-state index < -0.39 is 32.4 Å². The van der Waals surface area contributed by atoms with Crippen molar-refractivity contribution in [1.29, 1.82) is 0 Å². The minimum absolute atomic E-state index is 0.0882. The van der Waals surface area contributed by atoms with Crippen LogP contribution in [0.3, 0.4) is 0 Å². The van der Waals surface area contributed by atoms with Crippen molar-refractivity contribution in [3.8, 4) is 0 Å². The van der Waals surface area contributed by atoms with E-state index in [1.165, 1.54) is 0 Å². The molecule has 3 aromatic rings. The van der Waals surface area contributed by atoms with Gasteiger partial charge in [0.15, 0.2) is 5.65 Å². The van der Waals surface area contributed by atoms with Gasteiger partial charge in [0, 0.05) is 17.9 Å². The van der Waals surface area contributed by atoms with Crippen LogP contribution in [-0.4, -0.2) is 62.0 Å². The summed E-state index contributed by atoms with van der Waals surface area (Å²) < 4.78 is 45.4. The third-order valence-electron chi connectivity index (χ3n) is 6.14. The average molecular weight is 570 g/mol. The molecule has 1 unspecified atom stereocenters. The highest BCUT2D eigenvalue weighted by Crippen LogP contribution is 2.58. The molecule has 0 amide bonds. The number of hydrogen-bond acceptors (Lipinski definition) is 12. The van der Waals surface area contributed by atoms with Gasteiger partial charge in [0.25, 0.3) is 0 Å². The van der Waals surface area contributed by atoms with Crippen LogP contribution in [0, 0.1) is 4.64 Å². The lowest BCUT2D eigenvalue weighted by Crippen LogP contribution is -2.40. The summed E-state index contributed by atoms with van der Waals surface area (Å²) in [6.45, 7) is 0.537. The molecule has 3 fully saturated rings. The van der Waals surface area contributed by atoms with Crippen molar-refractivity contribution in [2.75, 3.05) is 23.8 Å². The Morgan fingerprint density at radius 2 is 2.03 bits per heavy atom. The first-order valence-corrected chi connectivity index (χ1v) is 15.7. The summed E-state index contributed by atoms with van der Waals surface area (Å²) in [6.07, 6.45) is 0.0263. The molecule has 192 valence electrons. The Kier molecular flexibility index (Phi) is 7.14. The molecule has 15 heteroatoms. The molecule has 0 spiro atoms. The van der Waals surface area contributed by atoms with E-state index in [4.69, 9.17) is 41.0 Å². The van der Waals surface area contributed by atoms with Gasteiger partial charge in [-0.3, -0.25) is 18.1 Å². The quantitative estimate of drug-likeness (QED) is 0.250. The predicted octanol–water partition coefficient (Wildman–Crippen LogP) is 4.25. The molecule has 3 aliphatic heterocycles. The largest absolute Gasteiger partial charge is 0.475 e. The Bertz CT molecular complexity index is 1340. The van der Waals surface area contributed by atoms with Gasteiger partial charge in [0.1, 0.15) is 34.7 Å². The number of anilines is 1. The topological polar surface area (TPSA) is 136 Å². The van der Waals surface area contributed by atoms with Crippen molar-refractivity contribution < 1.29 is 27.6 Å². The third kappa shape index (κ3) is 5.11. The van der Waals surface area contributed by atoms with Gasteiger partial charge in [-0.25, -0.2) is 9.55 Å². The lowest BCUT2D eigenvalue weighted by molar-refractivity contribution is -0.0850. The number of nitrogens with one attached hydrogen (secondary N) is 1. The smallest absolute Gasteiger partial charge is 0.370 e. The summed E-state index contributed by atoms with van der Waals surface area (Å²) >= 11 is 5.29. The number of benzene rings is 1. The zero-order valence-corrected chi connectivity index (χ0v) is 22.3. The summed E-state index contributed by atoms with van der Waals surface area (Å²) in [7, 11) is -0.456. The van der Waals surface area contributed by atoms with Gasteiger partial charge < -0.3 is 20.2 Å². The number of phosphoric ester groups is 1. The van der Waals surface area contributed by atoms with Gasteiger partial charge in [-0.05, 0) is 5.56 Å². The SMILES string of the molecule is Nc1nc2c(ncn2[C@H]2C[C@@H]3OP(=O)(O[C@@H]4CSSC[C@H]4OCc4ccccc4)OC[C@H]3O2)c(=S)[nH]1. The van der Waals surface area contributed by atoms with Crippen LogP contribution >= 0.6 is 41.6 Å². The second kappa shape index (κ2) is 10.4. The Morgan fingerprint density at radius 3 is 2.86 bits per heavy atom.